The van der Waals surface area contributed by atoms with E-state index in [4.69, 9.17) is 13.9 Å². The highest BCUT2D eigenvalue weighted by atomic mass is 32.1. The van der Waals surface area contributed by atoms with Crippen molar-refractivity contribution in [2.24, 2.45) is 0 Å². The van der Waals surface area contributed by atoms with Gasteiger partial charge in [0.15, 0.2) is 18.1 Å². The molecule has 178 valence electrons. The number of rotatable bonds is 6. The van der Waals surface area contributed by atoms with Crippen LogP contribution in [0.1, 0.15) is 45.7 Å². The first-order chi connectivity index (χ1) is 17.0. The van der Waals surface area contributed by atoms with Crippen molar-refractivity contribution in [1.29, 1.82) is 0 Å². The molecule has 2 heterocycles. The van der Waals surface area contributed by atoms with E-state index in [1.807, 2.05) is 18.2 Å². The number of para-hydroxylation sites is 1. The van der Waals surface area contributed by atoms with E-state index in [-0.39, 0.29) is 12.2 Å². The highest BCUT2D eigenvalue weighted by molar-refractivity contribution is 7.20. The summed E-state index contributed by atoms with van der Waals surface area (Å²) in [4.78, 5) is 43.6. The smallest absolute Gasteiger partial charge is 0.341 e. The molecule has 0 spiro atoms. The number of carbonyl (C=O) groups is 3. The zero-order valence-corrected chi connectivity index (χ0v) is 19.9. The number of amides is 1. The number of aromatic nitrogens is 1. The maximum Gasteiger partial charge on any atom is 0.341 e. The van der Waals surface area contributed by atoms with Crippen LogP contribution >= 0.6 is 11.3 Å². The summed E-state index contributed by atoms with van der Waals surface area (Å²) >= 11 is 1.33. The molecule has 1 amide bonds. The lowest BCUT2D eigenvalue weighted by Crippen LogP contribution is -2.30. The summed E-state index contributed by atoms with van der Waals surface area (Å²) in [5.74, 6) is -1.73. The lowest BCUT2D eigenvalue weighted by atomic mass is 9.89. The number of esters is 2. The summed E-state index contributed by atoms with van der Waals surface area (Å²) in [5, 5.41) is 3.18. The minimum atomic E-state index is -1.12. The SMILES string of the molecule is CCOC(=O)c1c(NC(=O)C(C)OC(=O)c2cccc3ocnc23)sc2c1CCc1ccccc1-2. The van der Waals surface area contributed by atoms with Gasteiger partial charge in [-0.15, -0.1) is 11.3 Å². The molecule has 1 N–H and O–H groups in total. The van der Waals surface area contributed by atoms with Gasteiger partial charge in [0.25, 0.3) is 5.91 Å². The van der Waals surface area contributed by atoms with Crippen LogP contribution in [0, 0.1) is 0 Å². The molecule has 1 atom stereocenters. The third-order valence-electron chi connectivity index (χ3n) is 5.86. The van der Waals surface area contributed by atoms with Crippen molar-refractivity contribution >= 4 is 45.3 Å². The Morgan fingerprint density at radius 3 is 2.77 bits per heavy atom. The molecule has 35 heavy (non-hydrogen) atoms. The van der Waals surface area contributed by atoms with E-state index in [1.54, 1.807) is 25.1 Å². The van der Waals surface area contributed by atoms with Crippen LogP contribution in [0.3, 0.4) is 0 Å². The fourth-order valence-electron chi connectivity index (χ4n) is 4.19. The Morgan fingerprint density at radius 1 is 1.11 bits per heavy atom. The molecule has 2 aromatic heterocycles. The molecule has 4 aromatic rings. The zero-order chi connectivity index (χ0) is 24.5. The molecule has 5 rings (SSSR count). The van der Waals surface area contributed by atoms with Gasteiger partial charge in [0.05, 0.1) is 17.7 Å². The van der Waals surface area contributed by atoms with Crippen LogP contribution in [0.4, 0.5) is 5.00 Å². The van der Waals surface area contributed by atoms with E-state index in [2.05, 4.69) is 16.4 Å². The third kappa shape index (κ3) is 4.19. The number of hydrogen-bond acceptors (Lipinski definition) is 8. The predicted molar refractivity (Wildman–Crippen MR) is 131 cm³/mol. The maximum atomic E-state index is 13.0. The number of aryl methyl sites for hydroxylation is 1. The van der Waals surface area contributed by atoms with Gasteiger partial charge in [-0.05, 0) is 55.5 Å². The van der Waals surface area contributed by atoms with Crippen LogP contribution < -0.4 is 5.32 Å². The van der Waals surface area contributed by atoms with Crippen LogP contribution in [-0.4, -0.2) is 35.5 Å². The van der Waals surface area contributed by atoms with Crippen LogP contribution in [0.2, 0.25) is 0 Å². The van der Waals surface area contributed by atoms with E-state index in [9.17, 15) is 14.4 Å². The van der Waals surface area contributed by atoms with Crippen LogP contribution in [0.25, 0.3) is 21.5 Å². The molecule has 0 bridgehead atoms. The summed E-state index contributed by atoms with van der Waals surface area (Å²) < 4.78 is 15.9. The number of hydrogen-bond donors (Lipinski definition) is 1. The molecular formula is C26H22N2O6S. The summed E-state index contributed by atoms with van der Waals surface area (Å²) in [7, 11) is 0. The Morgan fingerprint density at radius 2 is 1.94 bits per heavy atom. The minimum absolute atomic E-state index is 0.200. The van der Waals surface area contributed by atoms with Crippen LogP contribution in [-0.2, 0) is 27.1 Å². The molecule has 2 aromatic carbocycles. The fourth-order valence-corrected chi connectivity index (χ4v) is 5.49. The Hall–Kier alpha value is -3.98. The molecule has 0 radical (unpaired) electrons. The van der Waals surface area contributed by atoms with Crippen molar-refractivity contribution in [3.63, 3.8) is 0 Å². The number of thiophene rings is 1. The lowest BCUT2D eigenvalue weighted by Gasteiger charge is -2.16. The van der Waals surface area contributed by atoms with Gasteiger partial charge in [-0.3, -0.25) is 4.79 Å². The van der Waals surface area contributed by atoms with E-state index in [0.29, 0.717) is 28.1 Å². The van der Waals surface area contributed by atoms with Gasteiger partial charge in [-0.1, -0.05) is 30.3 Å². The van der Waals surface area contributed by atoms with Crippen LogP contribution in [0.15, 0.2) is 53.3 Å². The third-order valence-corrected chi connectivity index (χ3v) is 7.04. The Bertz CT molecular complexity index is 1450. The summed E-state index contributed by atoms with van der Waals surface area (Å²) in [6, 6.07) is 12.9. The van der Waals surface area contributed by atoms with Gasteiger partial charge < -0.3 is 19.2 Å². The Labute approximate surface area is 204 Å². The molecule has 1 aliphatic carbocycles. The molecule has 0 saturated carbocycles. The first-order valence-corrected chi connectivity index (χ1v) is 12.0. The number of nitrogens with one attached hydrogen (secondary N) is 1. The van der Waals surface area contributed by atoms with Gasteiger partial charge in [0.1, 0.15) is 10.5 Å². The van der Waals surface area contributed by atoms with E-state index >= 15 is 0 Å². The van der Waals surface area contributed by atoms with Gasteiger partial charge in [-0.25, -0.2) is 14.6 Å². The van der Waals surface area contributed by atoms with Gasteiger partial charge in [-0.2, -0.15) is 0 Å². The van der Waals surface area contributed by atoms with Crippen molar-refractivity contribution in [1.82, 2.24) is 4.98 Å². The fraction of sp³-hybridized carbons (Fsp3) is 0.231. The van der Waals surface area contributed by atoms with E-state index < -0.39 is 23.9 Å². The molecule has 0 fully saturated rings. The Balaban J connectivity index is 1.41. The molecule has 1 aliphatic rings. The average Bonchev–Trinajstić information content (AvgIpc) is 3.48. The lowest BCUT2D eigenvalue weighted by molar-refractivity contribution is -0.123. The molecule has 9 heteroatoms. The number of nitrogens with zero attached hydrogens (tertiary/aromatic N) is 1. The maximum absolute atomic E-state index is 13.0. The average molecular weight is 491 g/mol. The molecule has 1 unspecified atom stereocenters. The number of fused-ring (bicyclic) bond motifs is 4. The number of benzene rings is 2. The second kappa shape index (κ2) is 9.34. The molecule has 0 saturated heterocycles. The Kier molecular flexibility index (Phi) is 6.08. The quantitative estimate of drug-likeness (QED) is 0.378. The largest absolute Gasteiger partial charge is 0.462 e. The number of oxazole rings is 1. The zero-order valence-electron chi connectivity index (χ0n) is 19.1. The monoisotopic (exact) mass is 490 g/mol. The molecular weight excluding hydrogens is 468 g/mol. The van der Waals surface area contributed by atoms with Gasteiger partial charge >= 0.3 is 11.9 Å². The standard InChI is InChI=1S/C26H22N2O6S/c1-3-32-26(31)20-17-12-11-15-7-4-5-8-16(15)22(17)35-24(20)28-23(29)14(2)34-25(30)18-9-6-10-19-21(18)27-13-33-19/h4-10,13-14H,3,11-12H2,1-2H3,(H,28,29). The summed E-state index contributed by atoms with van der Waals surface area (Å²) in [6.07, 6.45) is 1.58. The van der Waals surface area contributed by atoms with E-state index in [1.165, 1.54) is 30.2 Å². The minimum Gasteiger partial charge on any atom is -0.462 e. The highest BCUT2D eigenvalue weighted by Gasteiger charge is 2.31. The van der Waals surface area contributed by atoms with Crippen molar-refractivity contribution in [2.75, 3.05) is 11.9 Å². The summed E-state index contributed by atoms with van der Waals surface area (Å²) in [6.45, 7) is 3.43. The number of carbonyl (C=O) groups excluding carboxylic acids is 3. The first-order valence-electron chi connectivity index (χ1n) is 11.2. The van der Waals surface area contributed by atoms with Gasteiger partial charge in [0, 0.05) is 4.88 Å². The number of ether oxygens (including phenoxy) is 2. The number of anilines is 1. The first kappa shape index (κ1) is 22.8. The topological polar surface area (TPSA) is 108 Å². The molecule has 0 aliphatic heterocycles. The van der Waals surface area contributed by atoms with Crippen molar-refractivity contribution in [2.45, 2.75) is 32.8 Å². The summed E-state index contributed by atoms with van der Waals surface area (Å²) in [5.41, 5.74) is 4.47. The van der Waals surface area contributed by atoms with Gasteiger partial charge in [0.2, 0.25) is 0 Å². The van der Waals surface area contributed by atoms with Crippen LogP contribution in [0.5, 0.6) is 0 Å². The molecule has 8 nitrogen and oxygen atoms in total. The second-order valence-electron chi connectivity index (χ2n) is 8.03. The van der Waals surface area contributed by atoms with Crippen molar-refractivity contribution < 1.29 is 28.3 Å². The van der Waals surface area contributed by atoms with E-state index in [0.717, 1.165) is 22.4 Å². The van der Waals surface area contributed by atoms with Crippen molar-refractivity contribution in [3.8, 4) is 10.4 Å². The predicted octanol–water partition coefficient (Wildman–Crippen LogP) is 5.02. The normalized spacial score (nSPS) is 13.0. The van der Waals surface area contributed by atoms with Crippen molar-refractivity contribution in [3.05, 3.63) is 71.1 Å². The highest BCUT2D eigenvalue weighted by Crippen LogP contribution is 2.45. The second-order valence-corrected chi connectivity index (χ2v) is 9.05.